The van der Waals surface area contributed by atoms with Crippen molar-refractivity contribution >= 4 is 11.7 Å². The molecule has 0 aromatic heterocycles. The van der Waals surface area contributed by atoms with Gasteiger partial charge >= 0.3 is 5.97 Å². The Labute approximate surface area is 109 Å². The van der Waals surface area contributed by atoms with E-state index in [2.05, 4.69) is 10.1 Å². The predicted molar refractivity (Wildman–Crippen MR) is 65.3 cm³/mol. The van der Waals surface area contributed by atoms with Gasteiger partial charge in [0, 0.05) is 12.1 Å². The fraction of sp³-hybridized carbons (Fsp3) is 0.462. The monoisotopic (exact) mass is 275 g/mol. The van der Waals surface area contributed by atoms with E-state index in [-0.39, 0.29) is 5.69 Å². The summed E-state index contributed by atoms with van der Waals surface area (Å²) in [5.41, 5.74) is -0.385. The molecule has 0 aliphatic rings. The van der Waals surface area contributed by atoms with E-state index in [9.17, 15) is 18.0 Å². The molecule has 1 unspecified atom stereocenters. The molecule has 0 saturated carbocycles. The first-order chi connectivity index (χ1) is 8.99. The summed E-state index contributed by atoms with van der Waals surface area (Å²) >= 11 is 0. The van der Waals surface area contributed by atoms with Gasteiger partial charge in [-0.1, -0.05) is 19.8 Å². The van der Waals surface area contributed by atoms with Crippen LogP contribution in [0.1, 0.15) is 26.2 Å². The number of carbonyl (C=O) groups excluding carboxylic acids is 1. The van der Waals surface area contributed by atoms with Crippen LogP contribution in [0.3, 0.4) is 0 Å². The van der Waals surface area contributed by atoms with Crippen LogP contribution in [-0.2, 0) is 9.53 Å². The highest BCUT2D eigenvalue weighted by Gasteiger charge is 2.21. The molecule has 0 heterocycles. The number of benzene rings is 1. The third kappa shape index (κ3) is 4.15. The van der Waals surface area contributed by atoms with Gasteiger partial charge in [-0.3, -0.25) is 0 Å². The van der Waals surface area contributed by atoms with Crippen LogP contribution in [0.15, 0.2) is 12.1 Å². The number of carbonyl (C=O) groups is 1. The molecule has 0 amide bonds. The lowest BCUT2D eigenvalue weighted by atomic mass is 10.1. The topological polar surface area (TPSA) is 38.3 Å². The number of halogens is 3. The molecule has 1 atom stereocenters. The lowest BCUT2D eigenvalue weighted by Crippen LogP contribution is -2.31. The van der Waals surface area contributed by atoms with Gasteiger partial charge in [-0.05, 0) is 6.42 Å². The van der Waals surface area contributed by atoms with Crippen molar-refractivity contribution in [3.63, 3.8) is 0 Å². The van der Waals surface area contributed by atoms with Gasteiger partial charge in [-0.15, -0.1) is 0 Å². The van der Waals surface area contributed by atoms with E-state index in [1.165, 1.54) is 7.11 Å². The maximum atomic E-state index is 13.5. The van der Waals surface area contributed by atoms with Crippen LogP contribution in [0.25, 0.3) is 0 Å². The van der Waals surface area contributed by atoms with Crippen molar-refractivity contribution < 1.29 is 22.7 Å². The van der Waals surface area contributed by atoms with Crippen LogP contribution >= 0.6 is 0 Å². The van der Waals surface area contributed by atoms with Crippen molar-refractivity contribution in [1.82, 2.24) is 0 Å². The number of esters is 1. The Bertz CT molecular complexity index is 452. The van der Waals surface area contributed by atoms with E-state index in [1.54, 1.807) is 0 Å². The largest absolute Gasteiger partial charge is 0.467 e. The molecule has 19 heavy (non-hydrogen) atoms. The number of nitrogens with one attached hydrogen (secondary N) is 1. The molecule has 1 aromatic rings. The minimum absolute atomic E-state index is 0.385. The van der Waals surface area contributed by atoms with Gasteiger partial charge in [0.25, 0.3) is 0 Å². The zero-order valence-corrected chi connectivity index (χ0v) is 10.8. The Kier molecular flexibility index (Phi) is 5.66. The first-order valence-corrected chi connectivity index (χ1v) is 5.98. The van der Waals surface area contributed by atoms with Crippen molar-refractivity contribution in [2.45, 2.75) is 32.2 Å². The lowest BCUT2D eigenvalue weighted by molar-refractivity contribution is -0.141. The van der Waals surface area contributed by atoms with E-state index in [0.29, 0.717) is 18.9 Å². The number of hydrogen-bond acceptors (Lipinski definition) is 3. The van der Waals surface area contributed by atoms with Gasteiger partial charge in [0.1, 0.15) is 11.9 Å². The van der Waals surface area contributed by atoms with E-state index >= 15 is 0 Å². The van der Waals surface area contributed by atoms with Gasteiger partial charge in [0.05, 0.1) is 12.8 Å². The summed E-state index contributed by atoms with van der Waals surface area (Å²) in [5.74, 6) is -4.04. The maximum absolute atomic E-state index is 13.5. The van der Waals surface area contributed by atoms with Crippen molar-refractivity contribution in [1.29, 1.82) is 0 Å². The molecule has 6 heteroatoms. The fourth-order valence-corrected chi connectivity index (χ4v) is 1.65. The lowest BCUT2D eigenvalue weighted by Gasteiger charge is -2.18. The van der Waals surface area contributed by atoms with Crippen LogP contribution < -0.4 is 5.32 Å². The molecule has 106 valence electrons. The van der Waals surface area contributed by atoms with Crippen LogP contribution in [0.5, 0.6) is 0 Å². The average Bonchev–Trinajstić information content (AvgIpc) is 2.38. The van der Waals surface area contributed by atoms with Crippen LogP contribution in [0.2, 0.25) is 0 Å². The van der Waals surface area contributed by atoms with Crippen molar-refractivity contribution in [2.24, 2.45) is 0 Å². The first kappa shape index (κ1) is 15.3. The van der Waals surface area contributed by atoms with Crippen molar-refractivity contribution in [3.8, 4) is 0 Å². The summed E-state index contributed by atoms with van der Waals surface area (Å²) in [4.78, 5) is 11.5. The molecule has 3 nitrogen and oxygen atoms in total. The number of methoxy groups -OCH3 is 1. The number of hydrogen-bond donors (Lipinski definition) is 1. The van der Waals surface area contributed by atoms with E-state index in [1.807, 2.05) is 6.92 Å². The van der Waals surface area contributed by atoms with Gasteiger partial charge in [0.15, 0.2) is 11.6 Å². The van der Waals surface area contributed by atoms with Crippen molar-refractivity contribution in [3.05, 3.63) is 29.6 Å². The number of unbranched alkanes of at least 4 members (excludes halogenated alkanes) is 1. The highest BCUT2D eigenvalue weighted by Crippen LogP contribution is 2.21. The third-order valence-electron chi connectivity index (χ3n) is 2.65. The zero-order chi connectivity index (χ0) is 14.4. The van der Waals surface area contributed by atoms with Crippen LogP contribution in [-0.4, -0.2) is 19.1 Å². The molecule has 0 bridgehead atoms. The maximum Gasteiger partial charge on any atom is 0.328 e. The molecule has 0 aliphatic carbocycles. The summed E-state index contributed by atoms with van der Waals surface area (Å²) in [5, 5.41) is 2.48. The summed E-state index contributed by atoms with van der Waals surface area (Å²) in [6.07, 6.45) is 1.92. The summed E-state index contributed by atoms with van der Waals surface area (Å²) in [6.45, 7) is 1.93. The Hall–Kier alpha value is -1.72. The minimum atomic E-state index is -1.30. The Morgan fingerprint density at radius 1 is 1.37 bits per heavy atom. The molecule has 0 spiro atoms. The zero-order valence-electron chi connectivity index (χ0n) is 10.8. The fourth-order valence-electron chi connectivity index (χ4n) is 1.65. The highest BCUT2D eigenvalue weighted by molar-refractivity contribution is 5.79. The standard InChI is InChI=1S/C13H16F3NO2/c1-3-4-5-10(13(18)19-2)17-11-7-8(14)6-9(15)12(11)16/h6-7,10,17H,3-5H2,1-2H3. The Morgan fingerprint density at radius 2 is 2.05 bits per heavy atom. The molecule has 0 aliphatic heterocycles. The number of ether oxygens (including phenoxy) is 1. The normalized spacial score (nSPS) is 12.1. The van der Waals surface area contributed by atoms with E-state index in [4.69, 9.17) is 0 Å². The quantitative estimate of drug-likeness (QED) is 0.639. The molecule has 0 fully saturated rings. The van der Waals surface area contributed by atoms with E-state index < -0.39 is 29.5 Å². The van der Waals surface area contributed by atoms with Crippen LogP contribution in [0, 0.1) is 17.5 Å². The number of rotatable bonds is 6. The summed E-state index contributed by atoms with van der Waals surface area (Å²) in [6, 6.07) is 0.417. The summed E-state index contributed by atoms with van der Waals surface area (Å²) < 4.78 is 44.1. The smallest absolute Gasteiger partial charge is 0.328 e. The molecular formula is C13H16F3NO2. The van der Waals surface area contributed by atoms with Gasteiger partial charge in [0.2, 0.25) is 0 Å². The van der Waals surface area contributed by atoms with Gasteiger partial charge < -0.3 is 10.1 Å². The highest BCUT2D eigenvalue weighted by atomic mass is 19.2. The Morgan fingerprint density at radius 3 is 2.63 bits per heavy atom. The average molecular weight is 275 g/mol. The molecule has 0 radical (unpaired) electrons. The van der Waals surface area contributed by atoms with Crippen molar-refractivity contribution in [2.75, 3.05) is 12.4 Å². The molecule has 0 saturated heterocycles. The predicted octanol–water partition coefficient (Wildman–Crippen LogP) is 3.25. The molecule has 1 N–H and O–H groups in total. The molecule has 1 aromatic carbocycles. The minimum Gasteiger partial charge on any atom is -0.467 e. The SMILES string of the molecule is CCCCC(Nc1cc(F)cc(F)c1F)C(=O)OC. The molecule has 1 rings (SSSR count). The van der Waals surface area contributed by atoms with Crippen LogP contribution in [0.4, 0.5) is 18.9 Å². The summed E-state index contributed by atoms with van der Waals surface area (Å²) in [7, 11) is 1.20. The van der Waals surface area contributed by atoms with Gasteiger partial charge in [-0.2, -0.15) is 0 Å². The second kappa shape index (κ2) is 7.01. The first-order valence-electron chi connectivity index (χ1n) is 5.98. The third-order valence-corrected chi connectivity index (χ3v) is 2.65. The van der Waals surface area contributed by atoms with E-state index in [0.717, 1.165) is 12.5 Å². The second-order valence-electron chi connectivity index (χ2n) is 4.11. The Balaban J connectivity index is 2.92. The number of anilines is 1. The second-order valence-corrected chi connectivity index (χ2v) is 4.11. The van der Waals surface area contributed by atoms with Gasteiger partial charge in [-0.25, -0.2) is 18.0 Å². The molecular weight excluding hydrogens is 259 g/mol.